The Hall–Kier alpha value is -1.67. The van der Waals surface area contributed by atoms with Crippen LogP contribution in [0, 0.1) is 12.7 Å². The number of nitrogens with one attached hydrogen (secondary N) is 1. The molecule has 17 heavy (non-hydrogen) atoms. The van der Waals surface area contributed by atoms with Crippen LogP contribution in [0.3, 0.4) is 0 Å². The Morgan fingerprint density at radius 1 is 1.47 bits per heavy atom. The molecule has 0 atom stereocenters. The zero-order valence-electron chi connectivity index (χ0n) is 9.03. The number of sulfonamides is 1. The van der Waals surface area contributed by atoms with Crippen molar-refractivity contribution in [3.8, 4) is 0 Å². The van der Waals surface area contributed by atoms with Crippen LogP contribution in [0.15, 0.2) is 17.0 Å². The highest BCUT2D eigenvalue weighted by molar-refractivity contribution is 7.89. The molecule has 5 N–H and O–H groups in total. The van der Waals surface area contributed by atoms with Crippen molar-refractivity contribution >= 4 is 21.6 Å². The summed E-state index contributed by atoms with van der Waals surface area (Å²) in [6.45, 7) is 0.859. The first-order valence-corrected chi connectivity index (χ1v) is 6.06. The van der Waals surface area contributed by atoms with Gasteiger partial charge in [0.1, 0.15) is 5.82 Å². The third-order valence-corrected chi connectivity index (χ3v) is 3.38. The molecule has 0 bridgehead atoms. The minimum absolute atomic E-state index is 0.101. The highest BCUT2D eigenvalue weighted by Crippen LogP contribution is 2.20. The van der Waals surface area contributed by atoms with E-state index < -0.39 is 28.3 Å². The topological polar surface area (TPSA) is 115 Å². The molecule has 0 aliphatic heterocycles. The maximum absolute atomic E-state index is 13.2. The van der Waals surface area contributed by atoms with Crippen LogP contribution in [-0.2, 0) is 14.8 Å². The molecule has 1 aromatic rings. The van der Waals surface area contributed by atoms with E-state index in [1.165, 1.54) is 6.92 Å². The van der Waals surface area contributed by atoms with Gasteiger partial charge in [-0.15, -0.1) is 0 Å². The monoisotopic (exact) mass is 261 g/mol. The van der Waals surface area contributed by atoms with Crippen molar-refractivity contribution in [1.82, 2.24) is 4.72 Å². The Kier molecular flexibility index (Phi) is 3.69. The maximum atomic E-state index is 13.2. The summed E-state index contributed by atoms with van der Waals surface area (Å²) in [5.74, 6) is -1.49. The summed E-state index contributed by atoms with van der Waals surface area (Å²) in [4.78, 5) is 10.3. The Morgan fingerprint density at radius 2 is 2.06 bits per heavy atom. The van der Waals surface area contributed by atoms with E-state index in [-0.39, 0.29) is 16.1 Å². The lowest BCUT2D eigenvalue weighted by Crippen LogP contribution is -2.33. The predicted octanol–water partition coefficient (Wildman–Crippen LogP) is -0.520. The van der Waals surface area contributed by atoms with Crippen LogP contribution >= 0.6 is 0 Å². The number of carbonyl (C=O) groups is 1. The van der Waals surface area contributed by atoms with E-state index in [9.17, 15) is 17.6 Å². The first-order chi connectivity index (χ1) is 7.74. The van der Waals surface area contributed by atoms with E-state index in [4.69, 9.17) is 11.5 Å². The second-order valence-electron chi connectivity index (χ2n) is 3.43. The molecular formula is C9H12FN3O3S. The fourth-order valence-electron chi connectivity index (χ4n) is 1.17. The number of anilines is 1. The summed E-state index contributed by atoms with van der Waals surface area (Å²) >= 11 is 0. The maximum Gasteiger partial charge on any atom is 0.241 e. The van der Waals surface area contributed by atoms with E-state index >= 15 is 0 Å². The first kappa shape index (κ1) is 13.4. The Morgan fingerprint density at radius 3 is 2.53 bits per heavy atom. The number of aryl methyl sites for hydroxylation is 1. The molecule has 6 nitrogen and oxygen atoms in total. The van der Waals surface area contributed by atoms with Gasteiger partial charge in [0.2, 0.25) is 15.9 Å². The molecule has 0 saturated heterocycles. The number of nitrogens with two attached hydrogens (primary N) is 2. The second-order valence-corrected chi connectivity index (χ2v) is 5.20. The van der Waals surface area contributed by atoms with Gasteiger partial charge in [0.05, 0.1) is 17.1 Å². The number of hydrogen-bond acceptors (Lipinski definition) is 4. The van der Waals surface area contributed by atoms with Gasteiger partial charge in [0.25, 0.3) is 0 Å². The van der Waals surface area contributed by atoms with Gasteiger partial charge in [-0.2, -0.15) is 0 Å². The SMILES string of the molecule is Cc1cc(S(=O)(=O)NCC(N)=O)cc(N)c1F. The Balaban J connectivity index is 3.12. The average Bonchev–Trinajstić information content (AvgIpc) is 2.22. The minimum atomic E-state index is -3.91. The molecule has 0 saturated carbocycles. The van der Waals surface area contributed by atoms with Gasteiger partial charge in [-0.1, -0.05) is 0 Å². The molecule has 1 amide bonds. The number of carbonyl (C=O) groups excluding carboxylic acids is 1. The molecule has 94 valence electrons. The fraction of sp³-hybridized carbons (Fsp3) is 0.222. The average molecular weight is 261 g/mol. The van der Waals surface area contributed by atoms with Crippen LogP contribution in [0.4, 0.5) is 10.1 Å². The number of benzene rings is 1. The van der Waals surface area contributed by atoms with E-state index in [1.54, 1.807) is 0 Å². The van der Waals surface area contributed by atoms with Crippen LogP contribution in [0.5, 0.6) is 0 Å². The summed E-state index contributed by atoms with van der Waals surface area (Å²) in [5.41, 5.74) is 9.95. The molecule has 0 heterocycles. The highest BCUT2D eigenvalue weighted by Gasteiger charge is 2.17. The van der Waals surface area contributed by atoms with Crippen molar-refractivity contribution in [2.75, 3.05) is 12.3 Å². The third kappa shape index (κ3) is 3.14. The number of amides is 1. The molecule has 0 radical (unpaired) electrons. The van der Waals surface area contributed by atoms with Gasteiger partial charge in [0, 0.05) is 0 Å². The molecule has 1 aromatic carbocycles. The number of primary amides is 1. The van der Waals surface area contributed by atoms with Gasteiger partial charge in [-0.3, -0.25) is 4.79 Å². The molecule has 0 unspecified atom stereocenters. The summed E-state index contributed by atoms with van der Waals surface area (Å²) in [5, 5.41) is 0. The lowest BCUT2D eigenvalue weighted by atomic mass is 10.2. The van der Waals surface area contributed by atoms with E-state index in [2.05, 4.69) is 0 Å². The van der Waals surface area contributed by atoms with Crippen molar-refractivity contribution < 1.29 is 17.6 Å². The summed E-state index contributed by atoms with van der Waals surface area (Å²) in [6, 6.07) is 2.10. The van der Waals surface area contributed by atoms with Gasteiger partial charge in [-0.05, 0) is 24.6 Å². The zero-order chi connectivity index (χ0) is 13.2. The smallest absolute Gasteiger partial charge is 0.241 e. The van der Waals surface area contributed by atoms with E-state index in [1.807, 2.05) is 4.72 Å². The molecule has 0 aliphatic rings. The van der Waals surface area contributed by atoms with Gasteiger partial charge < -0.3 is 11.5 Å². The quantitative estimate of drug-likeness (QED) is 0.632. The number of hydrogen-bond donors (Lipinski definition) is 3. The van der Waals surface area contributed by atoms with E-state index in [0.29, 0.717) is 0 Å². The minimum Gasteiger partial charge on any atom is -0.396 e. The van der Waals surface area contributed by atoms with Crippen molar-refractivity contribution in [1.29, 1.82) is 0 Å². The zero-order valence-corrected chi connectivity index (χ0v) is 9.84. The Bertz CT molecular complexity index is 534. The summed E-state index contributed by atoms with van der Waals surface area (Å²) in [6.07, 6.45) is 0. The lowest BCUT2D eigenvalue weighted by Gasteiger charge is -2.08. The normalized spacial score (nSPS) is 11.4. The molecule has 1 rings (SSSR count). The van der Waals surface area contributed by atoms with Crippen LogP contribution < -0.4 is 16.2 Å². The second kappa shape index (κ2) is 4.68. The molecule has 0 fully saturated rings. The van der Waals surface area contributed by atoms with Gasteiger partial charge in [0.15, 0.2) is 0 Å². The molecule has 0 aromatic heterocycles. The standard InChI is InChI=1S/C9H12FN3O3S/c1-5-2-6(3-7(11)9(5)10)17(15,16)13-4-8(12)14/h2-3,13H,4,11H2,1H3,(H2,12,14). The van der Waals surface area contributed by atoms with Gasteiger partial charge >= 0.3 is 0 Å². The number of halogens is 1. The Labute approximate surface area is 97.8 Å². The number of rotatable bonds is 4. The van der Waals surface area contributed by atoms with Crippen molar-refractivity contribution in [3.63, 3.8) is 0 Å². The molecule has 8 heteroatoms. The first-order valence-electron chi connectivity index (χ1n) is 4.57. The van der Waals surface area contributed by atoms with E-state index in [0.717, 1.165) is 12.1 Å². The summed E-state index contributed by atoms with van der Waals surface area (Å²) in [7, 11) is -3.91. The van der Waals surface area contributed by atoms with Crippen molar-refractivity contribution in [2.45, 2.75) is 11.8 Å². The fourth-order valence-corrected chi connectivity index (χ4v) is 2.28. The predicted molar refractivity (Wildman–Crippen MR) is 59.9 cm³/mol. The summed E-state index contributed by atoms with van der Waals surface area (Å²) < 4.78 is 38.5. The lowest BCUT2D eigenvalue weighted by molar-refractivity contribution is -0.116. The molecule has 0 spiro atoms. The van der Waals surface area contributed by atoms with Gasteiger partial charge in [-0.25, -0.2) is 17.5 Å². The van der Waals surface area contributed by atoms with Crippen LogP contribution in [0.25, 0.3) is 0 Å². The van der Waals surface area contributed by atoms with Crippen LogP contribution in [0.2, 0.25) is 0 Å². The van der Waals surface area contributed by atoms with Crippen molar-refractivity contribution in [2.24, 2.45) is 5.73 Å². The largest absolute Gasteiger partial charge is 0.396 e. The van der Waals surface area contributed by atoms with Crippen LogP contribution in [-0.4, -0.2) is 20.9 Å². The third-order valence-electron chi connectivity index (χ3n) is 2.00. The molecular weight excluding hydrogens is 249 g/mol. The van der Waals surface area contributed by atoms with Crippen LogP contribution in [0.1, 0.15) is 5.56 Å². The molecule has 0 aliphatic carbocycles. The number of nitrogen functional groups attached to an aromatic ring is 1. The van der Waals surface area contributed by atoms with Crippen molar-refractivity contribution in [3.05, 3.63) is 23.5 Å². The highest BCUT2D eigenvalue weighted by atomic mass is 32.2.